The number of benzene rings is 2. The number of hydrogen-bond donors (Lipinski definition) is 1. The van der Waals surface area contributed by atoms with Crippen molar-refractivity contribution in [2.75, 3.05) is 33.8 Å². The SMILES string of the molecule is COc1ccc([C@@H]2CC(=O)C3=C(C2)Nc2onc(C)c2[C@@H]3c2ccc(OC)c(OC)c2)cc1OC. The van der Waals surface area contributed by atoms with E-state index in [2.05, 4.69) is 10.5 Å². The summed E-state index contributed by atoms with van der Waals surface area (Å²) in [6, 6.07) is 11.6. The minimum atomic E-state index is -0.314. The van der Waals surface area contributed by atoms with E-state index in [4.69, 9.17) is 23.5 Å². The Balaban J connectivity index is 1.59. The largest absolute Gasteiger partial charge is 0.493 e. The summed E-state index contributed by atoms with van der Waals surface area (Å²) >= 11 is 0. The summed E-state index contributed by atoms with van der Waals surface area (Å²) in [5.74, 6) is 2.87. The van der Waals surface area contributed by atoms with Crippen LogP contribution in [-0.2, 0) is 4.79 Å². The lowest BCUT2D eigenvalue weighted by Crippen LogP contribution is -2.29. The number of aromatic nitrogens is 1. The maximum Gasteiger partial charge on any atom is 0.233 e. The molecule has 0 saturated heterocycles. The van der Waals surface area contributed by atoms with Crippen LogP contribution in [0, 0.1) is 6.92 Å². The number of allylic oxidation sites excluding steroid dienone is 2. The fraction of sp³-hybridized carbons (Fsp3) is 0.333. The second-order valence-corrected chi connectivity index (χ2v) is 8.72. The summed E-state index contributed by atoms with van der Waals surface area (Å²) in [5.41, 5.74) is 5.15. The third-order valence-electron chi connectivity index (χ3n) is 6.88. The second kappa shape index (κ2) is 9.02. The van der Waals surface area contributed by atoms with E-state index in [-0.39, 0.29) is 17.6 Å². The molecule has 1 aliphatic carbocycles. The van der Waals surface area contributed by atoms with Crippen LogP contribution in [0.4, 0.5) is 5.88 Å². The average molecular weight is 477 g/mol. The molecular formula is C27H28N2O6. The van der Waals surface area contributed by atoms with E-state index in [1.807, 2.05) is 43.3 Å². The van der Waals surface area contributed by atoms with Crippen molar-refractivity contribution >= 4 is 11.7 Å². The fourth-order valence-electron chi connectivity index (χ4n) is 5.18. The van der Waals surface area contributed by atoms with E-state index in [1.165, 1.54) is 0 Å². The van der Waals surface area contributed by atoms with E-state index in [0.29, 0.717) is 41.7 Å². The van der Waals surface area contributed by atoms with Gasteiger partial charge in [0.1, 0.15) is 0 Å². The predicted octanol–water partition coefficient (Wildman–Crippen LogP) is 4.98. The van der Waals surface area contributed by atoms with Crippen LogP contribution in [0.1, 0.15) is 47.1 Å². The third-order valence-corrected chi connectivity index (χ3v) is 6.88. The first-order valence-corrected chi connectivity index (χ1v) is 11.4. The van der Waals surface area contributed by atoms with Gasteiger partial charge in [-0.1, -0.05) is 17.3 Å². The molecule has 3 aromatic rings. The molecule has 2 heterocycles. The van der Waals surface area contributed by atoms with Crippen molar-refractivity contribution in [2.24, 2.45) is 0 Å². The first-order valence-electron chi connectivity index (χ1n) is 11.4. The number of methoxy groups -OCH3 is 4. The Morgan fingerprint density at radius 3 is 2.09 bits per heavy atom. The molecule has 1 aliphatic heterocycles. The molecular weight excluding hydrogens is 448 g/mol. The molecule has 2 atom stereocenters. The molecule has 1 aromatic heterocycles. The lowest BCUT2D eigenvalue weighted by atomic mass is 9.72. The number of Topliss-reactive ketones (excluding diaryl/α,β-unsaturated/α-hetero) is 1. The maximum absolute atomic E-state index is 13.7. The number of aryl methyl sites for hydroxylation is 1. The number of nitrogens with zero attached hydrogens (tertiary/aromatic N) is 1. The Hall–Kier alpha value is -3.94. The van der Waals surface area contributed by atoms with Crippen LogP contribution in [0.15, 0.2) is 52.2 Å². The zero-order valence-corrected chi connectivity index (χ0v) is 20.4. The Kier molecular flexibility index (Phi) is 5.88. The number of rotatable bonds is 6. The normalized spacial score (nSPS) is 18.9. The van der Waals surface area contributed by atoms with Crippen molar-refractivity contribution in [1.82, 2.24) is 5.16 Å². The zero-order chi connectivity index (χ0) is 24.7. The van der Waals surface area contributed by atoms with Crippen molar-refractivity contribution in [2.45, 2.75) is 31.6 Å². The van der Waals surface area contributed by atoms with Gasteiger partial charge in [-0.15, -0.1) is 0 Å². The Labute approximate surface area is 203 Å². The minimum absolute atomic E-state index is 0.00909. The molecule has 0 fully saturated rings. The van der Waals surface area contributed by atoms with Gasteiger partial charge in [0.05, 0.1) is 39.7 Å². The van der Waals surface area contributed by atoms with Crippen molar-refractivity contribution in [3.8, 4) is 23.0 Å². The molecule has 8 nitrogen and oxygen atoms in total. The molecule has 0 bridgehead atoms. The predicted molar refractivity (Wildman–Crippen MR) is 130 cm³/mol. The minimum Gasteiger partial charge on any atom is -0.493 e. The Morgan fingerprint density at radius 2 is 1.46 bits per heavy atom. The van der Waals surface area contributed by atoms with Crippen molar-refractivity contribution < 1.29 is 28.3 Å². The number of hydrogen-bond acceptors (Lipinski definition) is 8. The van der Waals surface area contributed by atoms with Gasteiger partial charge in [0.2, 0.25) is 5.88 Å². The molecule has 0 unspecified atom stereocenters. The lowest BCUT2D eigenvalue weighted by molar-refractivity contribution is -0.116. The van der Waals surface area contributed by atoms with Crippen molar-refractivity contribution in [3.63, 3.8) is 0 Å². The van der Waals surface area contributed by atoms with Gasteiger partial charge in [-0.3, -0.25) is 4.79 Å². The van der Waals surface area contributed by atoms with Crippen LogP contribution in [0.3, 0.4) is 0 Å². The molecule has 8 heteroatoms. The summed E-state index contributed by atoms with van der Waals surface area (Å²) in [5, 5.41) is 7.56. The first kappa shape index (κ1) is 22.8. The van der Waals surface area contributed by atoms with Gasteiger partial charge in [-0.2, -0.15) is 0 Å². The van der Waals surface area contributed by atoms with Gasteiger partial charge in [0, 0.05) is 23.6 Å². The molecule has 1 N–H and O–H groups in total. The van der Waals surface area contributed by atoms with Gasteiger partial charge in [-0.05, 0) is 54.7 Å². The van der Waals surface area contributed by atoms with E-state index < -0.39 is 0 Å². The summed E-state index contributed by atoms with van der Waals surface area (Å²) in [6.07, 6.45) is 1.04. The van der Waals surface area contributed by atoms with Gasteiger partial charge in [0.15, 0.2) is 28.8 Å². The fourth-order valence-corrected chi connectivity index (χ4v) is 5.18. The van der Waals surface area contributed by atoms with Crippen molar-refractivity contribution in [1.29, 1.82) is 0 Å². The molecule has 0 radical (unpaired) electrons. The van der Waals surface area contributed by atoms with E-state index in [1.54, 1.807) is 28.4 Å². The topological polar surface area (TPSA) is 92.1 Å². The van der Waals surface area contributed by atoms with Crippen LogP contribution in [0.2, 0.25) is 0 Å². The highest BCUT2D eigenvalue weighted by Gasteiger charge is 2.41. The molecule has 2 aromatic carbocycles. The zero-order valence-electron chi connectivity index (χ0n) is 20.4. The maximum atomic E-state index is 13.7. The standard InChI is InChI=1S/C27H28N2O6/c1-14-24-25(16-7-9-21(32-3)23(13-16)34-5)26-18(28-27(24)35-29-14)10-17(11-19(26)30)15-6-8-20(31-2)22(12-15)33-4/h6-9,12-13,17,25,28H,10-11H2,1-5H3/t17-,25-/m0/s1. The highest BCUT2D eigenvalue weighted by Crippen LogP contribution is 2.50. The van der Waals surface area contributed by atoms with Crippen LogP contribution < -0.4 is 24.3 Å². The molecule has 0 amide bonds. The number of nitrogens with one attached hydrogen (secondary N) is 1. The summed E-state index contributed by atoms with van der Waals surface area (Å²) in [7, 11) is 6.42. The molecule has 0 spiro atoms. The van der Waals surface area contributed by atoms with Gasteiger partial charge in [-0.25, -0.2) is 0 Å². The van der Waals surface area contributed by atoms with Gasteiger partial charge < -0.3 is 28.8 Å². The summed E-state index contributed by atoms with van der Waals surface area (Å²) in [6.45, 7) is 1.89. The number of ketones is 1. The smallest absolute Gasteiger partial charge is 0.233 e. The number of fused-ring (bicyclic) bond motifs is 1. The monoisotopic (exact) mass is 476 g/mol. The second-order valence-electron chi connectivity index (χ2n) is 8.72. The molecule has 0 saturated carbocycles. The summed E-state index contributed by atoms with van der Waals surface area (Å²) < 4.78 is 27.4. The number of anilines is 1. The van der Waals surface area contributed by atoms with Crippen LogP contribution in [-0.4, -0.2) is 39.4 Å². The van der Waals surface area contributed by atoms with Crippen molar-refractivity contribution in [3.05, 3.63) is 70.1 Å². The summed E-state index contributed by atoms with van der Waals surface area (Å²) in [4.78, 5) is 13.7. The number of carbonyl (C=O) groups is 1. The van der Waals surface area contributed by atoms with Crippen LogP contribution >= 0.6 is 0 Å². The molecule has 5 rings (SSSR count). The quantitative estimate of drug-likeness (QED) is 0.533. The van der Waals surface area contributed by atoms with Gasteiger partial charge >= 0.3 is 0 Å². The Morgan fingerprint density at radius 1 is 0.857 bits per heavy atom. The molecule has 35 heavy (non-hydrogen) atoms. The van der Waals surface area contributed by atoms with E-state index in [9.17, 15) is 4.79 Å². The molecule has 182 valence electrons. The highest BCUT2D eigenvalue weighted by molar-refractivity contribution is 6.01. The van der Waals surface area contributed by atoms with E-state index >= 15 is 0 Å². The first-order chi connectivity index (χ1) is 17.0. The van der Waals surface area contributed by atoms with Crippen LogP contribution in [0.25, 0.3) is 0 Å². The number of ether oxygens (including phenoxy) is 4. The Bertz CT molecular complexity index is 1330. The molecule has 2 aliphatic rings. The third kappa shape index (κ3) is 3.79. The highest BCUT2D eigenvalue weighted by atomic mass is 16.5. The van der Waals surface area contributed by atoms with Gasteiger partial charge in [0.25, 0.3) is 0 Å². The lowest BCUT2D eigenvalue weighted by Gasteiger charge is -2.34. The van der Waals surface area contributed by atoms with E-state index in [0.717, 1.165) is 33.7 Å². The van der Waals surface area contributed by atoms with Crippen LogP contribution in [0.5, 0.6) is 23.0 Å². The average Bonchev–Trinajstić information content (AvgIpc) is 3.26. The number of carbonyl (C=O) groups excluding carboxylic acids is 1.